The number of carbonyl (C=O) groups is 1. The molecule has 0 amide bonds. The van der Waals surface area contributed by atoms with Crippen LogP contribution in [0.3, 0.4) is 0 Å². The van der Waals surface area contributed by atoms with Crippen molar-refractivity contribution in [2.45, 2.75) is 18.7 Å². The summed E-state index contributed by atoms with van der Waals surface area (Å²) in [6.45, 7) is 2.52. The molecule has 0 aliphatic rings. The van der Waals surface area contributed by atoms with Crippen molar-refractivity contribution in [3.8, 4) is 0 Å². The minimum atomic E-state index is -4.02. The number of methoxy groups -OCH3 is 1. The normalized spacial score (nSPS) is 11.7. The molecule has 1 aromatic rings. The molecule has 0 radical (unpaired) electrons. The Morgan fingerprint density at radius 1 is 1.45 bits per heavy atom. The van der Waals surface area contributed by atoms with Gasteiger partial charge in [0.05, 0.1) is 12.0 Å². The number of ether oxygens (including phenoxy) is 1. The monoisotopic (exact) mass is 304 g/mol. The quantitative estimate of drug-likeness (QED) is 0.645. The van der Waals surface area contributed by atoms with Crippen molar-refractivity contribution in [2.24, 2.45) is 0 Å². The van der Waals surface area contributed by atoms with Crippen molar-refractivity contribution in [2.75, 3.05) is 25.9 Å². The number of rotatable bonds is 5. The molecule has 0 aliphatic carbocycles. The average Bonchev–Trinajstić information content (AvgIpc) is 2.39. The lowest BCUT2D eigenvalue weighted by molar-refractivity contribution is -0.140. The molecule has 0 atom stereocenters. The molecule has 0 fully saturated rings. The molecule has 0 aliphatic heterocycles. The summed E-state index contributed by atoms with van der Waals surface area (Å²) >= 11 is 0. The molecule has 0 saturated carbocycles. The maximum Gasteiger partial charge on any atom is 0.321 e. The molecular formula is C12H17FN2O4S. The summed E-state index contributed by atoms with van der Waals surface area (Å²) in [5, 5.41) is 0. The van der Waals surface area contributed by atoms with Crippen LogP contribution in [0.5, 0.6) is 0 Å². The zero-order chi connectivity index (χ0) is 15.5. The van der Waals surface area contributed by atoms with Crippen LogP contribution in [0.1, 0.15) is 12.5 Å². The fourth-order valence-corrected chi connectivity index (χ4v) is 3.32. The molecule has 0 bridgehead atoms. The first-order valence-corrected chi connectivity index (χ1v) is 7.30. The fourth-order valence-electron chi connectivity index (χ4n) is 1.66. The molecule has 0 aromatic heterocycles. The van der Waals surface area contributed by atoms with Crippen LogP contribution in [0.15, 0.2) is 17.0 Å². The van der Waals surface area contributed by atoms with E-state index < -0.39 is 28.4 Å². The van der Waals surface area contributed by atoms with Gasteiger partial charge in [-0.05, 0) is 19.1 Å². The summed E-state index contributed by atoms with van der Waals surface area (Å²) in [5.74, 6) is -1.41. The van der Waals surface area contributed by atoms with Crippen molar-refractivity contribution in [3.63, 3.8) is 0 Å². The lowest BCUT2D eigenvalue weighted by atomic mass is 10.2. The Morgan fingerprint density at radius 2 is 2.05 bits per heavy atom. The van der Waals surface area contributed by atoms with Gasteiger partial charge in [-0.1, -0.05) is 6.92 Å². The number of anilines is 1. The number of nitrogens with zero attached hydrogens (tertiary/aromatic N) is 1. The van der Waals surface area contributed by atoms with E-state index in [2.05, 4.69) is 4.74 Å². The Morgan fingerprint density at radius 3 is 2.55 bits per heavy atom. The van der Waals surface area contributed by atoms with Crippen LogP contribution >= 0.6 is 0 Å². The van der Waals surface area contributed by atoms with E-state index in [1.54, 1.807) is 6.92 Å². The maximum absolute atomic E-state index is 13.6. The van der Waals surface area contributed by atoms with Gasteiger partial charge in [-0.15, -0.1) is 0 Å². The largest absolute Gasteiger partial charge is 0.468 e. The van der Waals surface area contributed by atoms with E-state index in [-0.39, 0.29) is 22.7 Å². The molecule has 0 saturated heterocycles. The summed E-state index contributed by atoms with van der Waals surface area (Å²) in [6.07, 6.45) is 0. The number of esters is 1. The Labute approximate surface area is 117 Å². The van der Waals surface area contributed by atoms with E-state index in [0.717, 1.165) is 17.5 Å². The van der Waals surface area contributed by atoms with Gasteiger partial charge in [0.1, 0.15) is 12.4 Å². The Hall–Kier alpha value is -1.67. The minimum absolute atomic E-state index is 0.000737. The van der Waals surface area contributed by atoms with Crippen molar-refractivity contribution >= 4 is 21.7 Å². The number of hydrogen-bond donors (Lipinski definition) is 1. The van der Waals surface area contributed by atoms with Gasteiger partial charge in [-0.2, -0.15) is 4.31 Å². The number of hydrogen-bond acceptors (Lipinski definition) is 5. The molecule has 0 heterocycles. The SMILES string of the molecule is CCN(CC(=O)OC)S(=O)(=O)c1cc(N)cc(F)c1C. The predicted octanol–water partition coefficient (Wildman–Crippen LogP) is 0.900. The lowest BCUT2D eigenvalue weighted by Crippen LogP contribution is -2.36. The maximum atomic E-state index is 13.6. The molecule has 1 aromatic carbocycles. The van der Waals surface area contributed by atoms with Crippen LogP contribution < -0.4 is 5.73 Å². The third kappa shape index (κ3) is 3.26. The number of likely N-dealkylation sites (N-methyl/N-ethyl adjacent to an activating group) is 1. The minimum Gasteiger partial charge on any atom is -0.468 e. The predicted molar refractivity (Wildman–Crippen MR) is 72.0 cm³/mol. The van der Waals surface area contributed by atoms with Gasteiger partial charge in [0.2, 0.25) is 10.0 Å². The van der Waals surface area contributed by atoms with Crippen LogP contribution in [0.25, 0.3) is 0 Å². The first-order chi connectivity index (χ1) is 9.23. The second-order valence-corrected chi connectivity index (χ2v) is 6.04. The Balaban J connectivity index is 3.31. The first kappa shape index (κ1) is 16.4. The van der Waals surface area contributed by atoms with Crippen molar-refractivity contribution in [1.82, 2.24) is 4.31 Å². The second-order valence-electron chi connectivity index (χ2n) is 4.13. The molecule has 112 valence electrons. The first-order valence-electron chi connectivity index (χ1n) is 5.86. The Kier molecular flexibility index (Phi) is 5.07. The number of nitrogen functional groups attached to an aromatic ring is 1. The van der Waals surface area contributed by atoms with E-state index in [1.165, 1.54) is 13.0 Å². The molecule has 6 nitrogen and oxygen atoms in total. The Bertz CT molecular complexity index is 616. The van der Waals surface area contributed by atoms with E-state index in [0.29, 0.717) is 0 Å². The summed E-state index contributed by atoms with van der Waals surface area (Å²) in [4.78, 5) is 11.0. The molecule has 0 unspecified atom stereocenters. The van der Waals surface area contributed by atoms with Gasteiger partial charge < -0.3 is 10.5 Å². The zero-order valence-electron chi connectivity index (χ0n) is 11.5. The fraction of sp³-hybridized carbons (Fsp3) is 0.417. The number of nitrogens with two attached hydrogens (primary N) is 1. The van der Waals surface area contributed by atoms with Crippen molar-refractivity contribution in [3.05, 3.63) is 23.5 Å². The summed E-state index contributed by atoms with van der Waals surface area (Å²) in [7, 11) is -2.86. The van der Waals surface area contributed by atoms with Crippen LogP contribution in [0, 0.1) is 12.7 Å². The number of benzene rings is 1. The standard InChI is InChI=1S/C12H17FN2O4S/c1-4-15(7-12(16)19-3)20(17,18)11-6-9(14)5-10(13)8(11)2/h5-6H,4,7,14H2,1-3H3. The van der Waals surface area contributed by atoms with Crippen LogP contribution in [0.2, 0.25) is 0 Å². The summed E-state index contributed by atoms with van der Waals surface area (Å²) < 4.78 is 43.8. The second kappa shape index (κ2) is 6.19. The number of halogens is 1. The molecule has 2 N–H and O–H groups in total. The molecule has 0 spiro atoms. The number of sulfonamides is 1. The van der Waals surface area contributed by atoms with E-state index in [9.17, 15) is 17.6 Å². The number of carbonyl (C=O) groups excluding carboxylic acids is 1. The van der Waals surface area contributed by atoms with Crippen LogP contribution in [0.4, 0.5) is 10.1 Å². The molecule has 1 rings (SSSR count). The van der Waals surface area contributed by atoms with Crippen LogP contribution in [-0.4, -0.2) is 38.9 Å². The molecular weight excluding hydrogens is 287 g/mol. The zero-order valence-corrected chi connectivity index (χ0v) is 12.3. The van der Waals surface area contributed by atoms with E-state index in [4.69, 9.17) is 5.73 Å². The van der Waals surface area contributed by atoms with E-state index >= 15 is 0 Å². The van der Waals surface area contributed by atoms with Gasteiger partial charge in [0.25, 0.3) is 0 Å². The third-order valence-electron chi connectivity index (χ3n) is 2.82. The molecule has 20 heavy (non-hydrogen) atoms. The van der Waals surface area contributed by atoms with Gasteiger partial charge in [0.15, 0.2) is 0 Å². The highest BCUT2D eigenvalue weighted by Gasteiger charge is 2.28. The lowest BCUT2D eigenvalue weighted by Gasteiger charge is -2.20. The highest BCUT2D eigenvalue weighted by atomic mass is 32.2. The van der Waals surface area contributed by atoms with Gasteiger partial charge >= 0.3 is 5.97 Å². The van der Waals surface area contributed by atoms with Gasteiger partial charge in [0, 0.05) is 17.8 Å². The molecule has 8 heteroatoms. The van der Waals surface area contributed by atoms with Crippen LogP contribution in [-0.2, 0) is 19.6 Å². The van der Waals surface area contributed by atoms with Crippen molar-refractivity contribution < 1.29 is 22.3 Å². The highest BCUT2D eigenvalue weighted by molar-refractivity contribution is 7.89. The van der Waals surface area contributed by atoms with Gasteiger partial charge in [-0.25, -0.2) is 12.8 Å². The summed E-state index contributed by atoms with van der Waals surface area (Å²) in [5.41, 5.74) is 5.44. The van der Waals surface area contributed by atoms with Gasteiger partial charge in [-0.3, -0.25) is 4.79 Å². The summed E-state index contributed by atoms with van der Waals surface area (Å²) in [6, 6.07) is 2.22. The highest BCUT2D eigenvalue weighted by Crippen LogP contribution is 2.24. The third-order valence-corrected chi connectivity index (χ3v) is 4.87. The topological polar surface area (TPSA) is 89.7 Å². The smallest absolute Gasteiger partial charge is 0.321 e. The van der Waals surface area contributed by atoms with E-state index in [1.807, 2.05) is 0 Å². The van der Waals surface area contributed by atoms with Crippen molar-refractivity contribution in [1.29, 1.82) is 0 Å². The average molecular weight is 304 g/mol.